The highest BCUT2D eigenvalue weighted by Crippen LogP contribution is 2.30. The minimum Gasteiger partial charge on any atom is -0.434 e. The van der Waals surface area contributed by atoms with Crippen molar-refractivity contribution in [2.24, 2.45) is 0 Å². The Morgan fingerprint density at radius 3 is 2.42 bits per heavy atom. The number of ether oxygens (including phenoxy) is 1. The van der Waals surface area contributed by atoms with Crippen LogP contribution in [0.4, 0.5) is 10.5 Å². The Balaban J connectivity index is 1.46. The van der Waals surface area contributed by atoms with Crippen molar-refractivity contribution in [3.8, 4) is 0 Å². The number of para-hydroxylation sites is 1. The number of amides is 4. The largest absolute Gasteiger partial charge is 0.434 e. The van der Waals surface area contributed by atoms with Gasteiger partial charge < -0.3 is 30.7 Å². The molecule has 0 aromatic heterocycles. The molecule has 0 saturated carbocycles. The molecule has 0 bridgehead atoms. The number of hydrogen-bond acceptors (Lipinski definition) is 6. The number of anilines is 1. The van der Waals surface area contributed by atoms with Crippen molar-refractivity contribution in [1.29, 1.82) is 0 Å². The first-order chi connectivity index (χ1) is 15.9. The zero-order valence-electron chi connectivity index (χ0n) is 18.4. The van der Waals surface area contributed by atoms with E-state index in [1.54, 1.807) is 29.2 Å². The molecule has 2 unspecified atom stereocenters. The maximum atomic E-state index is 13.6. The number of nitrogens with zero attached hydrogens (tertiary/aromatic N) is 1. The van der Waals surface area contributed by atoms with Gasteiger partial charge in [-0.15, -0.1) is 0 Å². The highest BCUT2D eigenvalue weighted by molar-refractivity contribution is 5.95. The van der Waals surface area contributed by atoms with Crippen molar-refractivity contribution in [2.45, 2.75) is 81.8 Å². The molecule has 3 aliphatic rings. The molecular weight excluding hydrogens is 428 g/mol. The molecule has 10 nitrogen and oxygen atoms in total. The summed E-state index contributed by atoms with van der Waals surface area (Å²) in [5, 5.41) is 18.0. The van der Waals surface area contributed by atoms with Crippen molar-refractivity contribution in [3.05, 3.63) is 30.3 Å². The van der Waals surface area contributed by atoms with E-state index in [9.17, 15) is 24.3 Å². The van der Waals surface area contributed by atoms with E-state index in [2.05, 4.69) is 16.0 Å². The second kappa shape index (κ2) is 10.2. The van der Waals surface area contributed by atoms with Gasteiger partial charge in [0.1, 0.15) is 18.1 Å². The number of benzene rings is 1. The quantitative estimate of drug-likeness (QED) is 0.501. The topological polar surface area (TPSA) is 137 Å². The molecule has 4 amide bonds. The summed E-state index contributed by atoms with van der Waals surface area (Å²) < 4.78 is 4.70. The fourth-order valence-electron chi connectivity index (χ4n) is 4.91. The van der Waals surface area contributed by atoms with E-state index in [1.807, 2.05) is 6.07 Å². The third-order valence-corrected chi connectivity index (χ3v) is 6.53. The van der Waals surface area contributed by atoms with E-state index in [0.29, 0.717) is 18.5 Å². The molecule has 4 rings (SSSR count). The first-order valence-corrected chi connectivity index (χ1v) is 11.5. The van der Waals surface area contributed by atoms with Crippen molar-refractivity contribution < 1.29 is 29.0 Å². The third kappa shape index (κ3) is 5.44. The Morgan fingerprint density at radius 2 is 1.70 bits per heavy atom. The average Bonchev–Trinajstić information content (AvgIpc) is 3.11. The molecule has 3 heterocycles. The predicted molar refractivity (Wildman–Crippen MR) is 118 cm³/mol. The van der Waals surface area contributed by atoms with Crippen LogP contribution in [-0.4, -0.2) is 64.3 Å². The summed E-state index contributed by atoms with van der Waals surface area (Å²) >= 11 is 0. The molecule has 10 heteroatoms. The monoisotopic (exact) mass is 458 g/mol. The highest BCUT2D eigenvalue weighted by atomic mass is 16.6. The van der Waals surface area contributed by atoms with Gasteiger partial charge in [-0.2, -0.15) is 0 Å². The van der Waals surface area contributed by atoms with Crippen LogP contribution in [0.1, 0.15) is 51.4 Å². The lowest BCUT2D eigenvalue weighted by Gasteiger charge is -2.44. The van der Waals surface area contributed by atoms with Gasteiger partial charge in [-0.1, -0.05) is 31.0 Å². The van der Waals surface area contributed by atoms with Crippen LogP contribution < -0.4 is 16.0 Å². The number of piperidine rings is 1. The van der Waals surface area contributed by atoms with Crippen LogP contribution in [0.25, 0.3) is 0 Å². The molecule has 0 aliphatic carbocycles. The summed E-state index contributed by atoms with van der Waals surface area (Å²) in [6.45, 7) is 0. The van der Waals surface area contributed by atoms with Gasteiger partial charge in [0.2, 0.25) is 18.1 Å². The summed E-state index contributed by atoms with van der Waals surface area (Å²) in [4.78, 5) is 52.2. The lowest BCUT2D eigenvalue weighted by molar-refractivity contribution is -0.156. The van der Waals surface area contributed by atoms with Crippen LogP contribution in [0.5, 0.6) is 0 Å². The summed E-state index contributed by atoms with van der Waals surface area (Å²) in [6, 6.07) is 6.10. The standard InChI is InChI=1S/C23H30N4O6/c28-19-13-17(22(31)33-19)25-20(29)18-12-6-10-15-9-4-5-11-16(21(30)27(15)18)26-23(32)24-14-7-2-1-3-8-14/h1-3,7-8,15-18,22,31H,4-6,9-13H2,(H,25,29)(H2,24,26,32)/t15-,16-,17?,18-,22?/m0/s1. The van der Waals surface area contributed by atoms with Crippen LogP contribution in [-0.2, 0) is 19.1 Å². The van der Waals surface area contributed by atoms with Gasteiger partial charge in [0.15, 0.2) is 0 Å². The fraction of sp³-hybridized carbons (Fsp3) is 0.565. The normalized spacial score (nSPS) is 29.8. The molecule has 33 heavy (non-hydrogen) atoms. The van der Waals surface area contributed by atoms with E-state index in [4.69, 9.17) is 4.74 Å². The number of hydrogen-bond donors (Lipinski definition) is 4. The summed E-state index contributed by atoms with van der Waals surface area (Å²) in [6.07, 6.45) is 3.56. The van der Waals surface area contributed by atoms with Gasteiger partial charge in [-0.05, 0) is 44.2 Å². The summed E-state index contributed by atoms with van der Waals surface area (Å²) in [5.74, 6) is -1.27. The number of cyclic esters (lactones) is 1. The second-order valence-corrected chi connectivity index (χ2v) is 8.85. The van der Waals surface area contributed by atoms with Crippen molar-refractivity contribution in [3.63, 3.8) is 0 Å². The molecule has 1 aromatic carbocycles. The van der Waals surface area contributed by atoms with Crippen LogP contribution in [0.15, 0.2) is 30.3 Å². The van der Waals surface area contributed by atoms with E-state index in [-0.39, 0.29) is 18.4 Å². The number of aliphatic hydroxyl groups excluding tert-OH is 1. The van der Waals surface area contributed by atoms with Crippen molar-refractivity contribution in [2.75, 3.05) is 5.32 Å². The number of fused-ring (bicyclic) bond motifs is 1. The number of nitrogens with one attached hydrogen (secondary N) is 3. The first kappa shape index (κ1) is 23.0. The average molecular weight is 459 g/mol. The van der Waals surface area contributed by atoms with Crippen LogP contribution in [0.3, 0.4) is 0 Å². The second-order valence-electron chi connectivity index (χ2n) is 8.85. The zero-order valence-corrected chi connectivity index (χ0v) is 18.4. The number of carbonyl (C=O) groups is 4. The third-order valence-electron chi connectivity index (χ3n) is 6.53. The zero-order chi connectivity index (χ0) is 23.4. The SMILES string of the molecule is O=C(Nc1ccccc1)N[C@H]1CCCC[C@H]2CCC[C@@H](C(=O)NC3CC(=O)OC3O)N2C1=O. The van der Waals surface area contributed by atoms with Gasteiger partial charge in [-0.25, -0.2) is 4.79 Å². The molecule has 4 N–H and O–H groups in total. The fourth-order valence-corrected chi connectivity index (χ4v) is 4.91. The molecule has 5 atom stereocenters. The Bertz CT molecular complexity index is 894. The van der Waals surface area contributed by atoms with Crippen molar-refractivity contribution >= 4 is 29.5 Å². The Hall–Kier alpha value is -3.14. The maximum absolute atomic E-state index is 13.6. The predicted octanol–water partition coefficient (Wildman–Crippen LogP) is 1.25. The lowest BCUT2D eigenvalue weighted by atomic mass is 9.88. The number of carbonyl (C=O) groups excluding carboxylic acids is 4. The van der Waals surface area contributed by atoms with Gasteiger partial charge in [-0.3, -0.25) is 14.4 Å². The van der Waals surface area contributed by atoms with Crippen LogP contribution >= 0.6 is 0 Å². The molecule has 0 spiro atoms. The summed E-state index contributed by atoms with van der Waals surface area (Å²) in [7, 11) is 0. The minimum atomic E-state index is -1.39. The molecular formula is C23H30N4O6. The van der Waals surface area contributed by atoms with Crippen LogP contribution in [0.2, 0.25) is 0 Å². The molecule has 178 valence electrons. The lowest BCUT2D eigenvalue weighted by Crippen LogP contribution is -2.62. The molecule has 1 aromatic rings. The van der Waals surface area contributed by atoms with E-state index in [1.165, 1.54) is 0 Å². The molecule has 3 fully saturated rings. The van der Waals surface area contributed by atoms with Crippen LogP contribution in [0, 0.1) is 0 Å². The molecule has 0 radical (unpaired) electrons. The van der Waals surface area contributed by atoms with Gasteiger partial charge in [0.25, 0.3) is 0 Å². The van der Waals surface area contributed by atoms with E-state index >= 15 is 0 Å². The number of urea groups is 1. The molecule has 3 aliphatic heterocycles. The number of esters is 1. The Labute approximate surface area is 192 Å². The smallest absolute Gasteiger partial charge is 0.319 e. The number of rotatable bonds is 4. The minimum absolute atomic E-state index is 0.0878. The van der Waals surface area contributed by atoms with Gasteiger partial charge in [0, 0.05) is 11.7 Å². The first-order valence-electron chi connectivity index (χ1n) is 11.5. The van der Waals surface area contributed by atoms with Crippen molar-refractivity contribution in [1.82, 2.24) is 15.5 Å². The maximum Gasteiger partial charge on any atom is 0.319 e. The van der Waals surface area contributed by atoms with Gasteiger partial charge in [0.05, 0.1) is 6.42 Å². The van der Waals surface area contributed by atoms with E-state index in [0.717, 1.165) is 32.1 Å². The van der Waals surface area contributed by atoms with E-state index < -0.39 is 42.3 Å². The summed E-state index contributed by atoms with van der Waals surface area (Å²) in [5.41, 5.74) is 0.619. The Morgan fingerprint density at radius 1 is 0.970 bits per heavy atom. The number of aliphatic hydroxyl groups is 1. The molecule has 3 saturated heterocycles. The highest BCUT2D eigenvalue weighted by Gasteiger charge is 2.43. The van der Waals surface area contributed by atoms with Gasteiger partial charge >= 0.3 is 12.0 Å². The Kier molecular flexibility index (Phi) is 7.12.